The Morgan fingerprint density at radius 3 is 2.41 bits per heavy atom. The molecule has 4 aliphatic heterocycles. The van der Waals surface area contributed by atoms with E-state index in [1.807, 2.05) is 74.5 Å². The number of para-hydroxylation sites is 1. The minimum atomic E-state index is -0.764. The molecule has 6 heterocycles. The van der Waals surface area contributed by atoms with Crippen molar-refractivity contribution in [3.8, 4) is 18.1 Å². The first-order valence-electron chi connectivity index (χ1n) is 23.4. The molecule has 2 unspecified atom stereocenters. The number of nitrogen functional groups attached to an aromatic ring is 1. The van der Waals surface area contributed by atoms with E-state index in [0.29, 0.717) is 74.1 Å². The maximum absolute atomic E-state index is 14.1. The standard InChI is InChI=1S/C51H63N11O4/c1-5-32-12-14-33(15-13-32)26-54-46(64)42-10-8-19-62(42)47(65)44(50(2,3)4)58-49(66)61-30-51(31-61)24-36(25-51)59-20-16-34(17-21-59)35-27-55-48(56-28-35)60-22-18-41-39(29-60)38(45(53)57-41)23-40(52)37-9-6-7-11-43(37)63/h1,6-7,9,11-15,23,27-28,34,36,42,44,57,63H,8,10,16-22,24-26,29-31,52-53H2,2-4H3,(H,54,64)(H,58,66)/b40-23-. The van der Waals surface area contributed by atoms with Gasteiger partial charge in [0.25, 0.3) is 0 Å². The highest BCUT2D eigenvalue weighted by Crippen LogP contribution is 2.51. The van der Waals surface area contributed by atoms with Crippen molar-refractivity contribution in [2.45, 2.75) is 103 Å². The predicted octanol–water partition coefficient (Wildman–Crippen LogP) is 5.17. The van der Waals surface area contributed by atoms with Crippen molar-refractivity contribution in [3.05, 3.63) is 100.0 Å². The number of urea groups is 1. The molecule has 0 radical (unpaired) electrons. The Hall–Kier alpha value is -6.53. The van der Waals surface area contributed by atoms with E-state index in [2.05, 4.69) is 31.3 Å². The number of piperidine rings is 1. The lowest BCUT2D eigenvalue weighted by atomic mass is 9.60. The number of aromatic amines is 1. The van der Waals surface area contributed by atoms with Crippen LogP contribution in [0.25, 0.3) is 11.8 Å². The summed E-state index contributed by atoms with van der Waals surface area (Å²) in [6.45, 7) is 11.5. The van der Waals surface area contributed by atoms with Gasteiger partial charge in [-0.15, -0.1) is 6.42 Å². The topological polar surface area (TPSA) is 202 Å². The average Bonchev–Trinajstić information content (AvgIpc) is 3.90. The first kappa shape index (κ1) is 44.7. The molecule has 4 aromatic rings. The molecule has 0 bridgehead atoms. The number of phenols is 1. The number of aromatic nitrogens is 3. The predicted molar refractivity (Wildman–Crippen MR) is 255 cm³/mol. The Morgan fingerprint density at radius 1 is 1.02 bits per heavy atom. The van der Waals surface area contributed by atoms with Crippen LogP contribution in [0, 0.1) is 23.2 Å². The lowest BCUT2D eigenvalue weighted by molar-refractivity contribution is -0.142. The van der Waals surface area contributed by atoms with Crippen LogP contribution in [0.5, 0.6) is 5.75 Å². The maximum Gasteiger partial charge on any atom is 0.318 e. The molecule has 4 amide bonds. The number of terminal acetylenes is 1. The lowest BCUT2D eigenvalue weighted by Crippen LogP contribution is -2.70. The van der Waals surface area contributed by atoms with E-state index in [9.17, 15) is 19.5 Å². The second-order valence-electron chi connectivity index (χ2n) is 20.2. The number of aromatic hydroxyl groups is 1. The zero-order valence-corrected chi connectivity index (χ0v) is 38.4. The number of hydrogen-bond donors (Lipinski definition) is 6. The van der Waals surface area contributed by atoms with E-state index in [-0.39, 0.29) is 29.0 Å². The highest BCUT2D eigenvalue weighted by atomic mass is 16.3. The van der Waals surface area contributed by atoms with Gasteiger partial charge >= 0.3 is 6.03 Å². The third-order valence-corrected chi connectivity index (χ3v) is 14.7. The van der Waals surface area contributed by atoms with Crippen LogP contribution in [0.15, 0.2) is 60.9 Å². The molecular weight excluding hydrogens is 831 g/mol. The minimum Gasteiger partial charge on any atom is -0.507 e. The van der Waals surface area contributed by atoms with Gasteiger partial charge in [0.15, 0.2) is 0 Å². The molecule has 1 aliphatic carbocycles. The van der Waals surface area contributed by atoms with Crippen molar-refractivity contribution in [3.63, 3.8) is 0 Å². The molecule has 2 atom stereocenters. The van der Waals surface area contributed by atoms with Crippen LogP contribution in [-0.2, 0) is 29.1 Å². The fraction of sp³-hybridized carbons (Fsp3) is 0.471. The highest BCUT2D eigenvalue weighted by molar-refractivity contribution is 5.93. The van der Waals surface area contributed by atoms with E-state index in [4.69, 9.17) is 27.9 Å². The Labute approximate surface area is 387 Å². The smallest absolute Gasteiger partial charge is 0.318 e. The number of nitrogens with one attached hydrogen (secondary N) is 3. The van der Waals surface area contributed by atoms with E-state index < -0.39 is 17.5 Å². The molecule has 5 aliphatic rings. The van der Waals surface area contributed by atoms with E-state index >= 15 is 0 Å². The molecule has 3 saturated heterocycles. The number of anilines is 2. The number of benzene rings is 2. The minimum absolute atomic E-state index is 0.122. The summed E-state index contributed by atoms with van der Waals surface area (Å²) in [5, 5.41) is 16.4. The molecule has 15 nitrogen and oxygen atoms in total. The molecule has 15 heteroatoms. The molecule has 9 rings (SSSR count). The number of H-pyrrole nitrogens is 1. The van der Waals surface area contributed by atoms with Gasteiger partial charge in [-0.05, 0) is 104 Å². The Morgan fingerprint density at radius 2 is 1.73 bits per heavy atom. The summed E-state index contributed by atoms with van der Waals surface area (Å²) in [7, 11) is 0. The molecule has 8 N–H and O–H groups in total. The first-order chi connectivity index (χ1) is 31.7. The number of nitrogens with zero attached hydrogens (tertiary/aromatic N) is 6. The number of amides is 4. The molecule has 346 valence electrons. The quantitative estimate of drug-likeness (QED) is 0.115. The number of fused-ring (bicyclic) bond motifs is 1. The number of nitrogens with two attached hydrogens (primary N) is 2. The second kappa shape index (κ2) is 18.0. The Balaban J connectivity index is 0.727. The molecule has 66 heavy (non-hydrogen) atoms. The van der Waals surface area contributed by atoms with Gasteiger partial charge in [0.2, 0.25) is 17.8 Å². The average molecular weight is 894 g/mol. The van der Waals surface area contributed by atoms with Gasteiger partial charge in [-0.25, -0.2) is 14.8 Å². The summed E-state index contributed by atoms with van der Waals surface area (Å²) >= 11 is 0. The summed E-state index contributed by atoms with van der Waals surface area (Å²) in [5.74, 6) is 3.97. The first-order valence-corrected chi connectivity index (χ1v) is 23.4. The van der Waals surface area contributed by atoms with Crippen molar-refractivity contribution in [2.75, 3.05) is 49.9 Å². The van der Waals surface area contributed by atoms with Crippen LogP contribution in [0.2, 0.25) is 0 Å². The summed E-state index contributed by atoms with van der Waals surface area (Å²) in [6, 6.07) is 13.4. The summed E-state index contributed by atoms with van der Waals surface area (Å²) in [4.78, 5) is 62.5. The van der Waals surface area contributed by atoms with Crippen molar-refractivity contribution < 1.29 is 19.5 Å². The van der Waals surface area contributed by atoms with Crippen LogP contribution in [0.4, 0.5) is 16.6 Å². The third-order valence-electron chi connectivity index (χ3n) is 14.7. The van der Waals surface area contributed by atoms with Crippen molar-refractivity contribution >= 4 is 41.4 Å². The van der Waals surface area contributed by atoms with Crippen molar-refractivity contribution in [1.82, 2.24) is 40.3 Å². The van der Waals surface area contributed by atoms with Gasteiger partial charge in [0, 0.05) is 103 Å². The number of carbonyl (C=O) groups excluding carboxylic acids is 3. The van der Waals surface area contributed by atoms with Gasteiger partial charge in [0.05, 0.1) is 0 Å². The SMILES string of the molecule is C#Cc1ccc(CNC(=O)C2CCCN2C(=O)C(NC(=O)N2CC3(CC(N4CCC(c5cnc(N6CCc7[nH]c(N)c(/C=C(\N)c8ccccc8O)c7C6)nc5)CC4)C3)C2)C(C)(C)C)cc1. The summed E-state index contributed by atoms with van der Waals surface area (Å²) in [6.07, 6.45) is 17.6. The van der Waals surface area contributed by atoms with Gasteiger partial charge in [-0.3, -0.25) is 9.59 Å². The van der Waals surface area contributed by atoms with Crippen LogP contribution in [0.3, 0.4) is 0 Å². The number of hydrogen-bond acceptors (Lipinski definition) is 10. The van der Waals surface area contributed by atoms with Crippen LogP contribution in [0.1, 0.15) is 104 Å². The van der Waals surface area contributed by atoms with E-state index in [1.54, 1.807) is 23.1 Å². The zero-order chi connectivity index (χ0) is 46.3. The number of rotatable bonds is 10. The Kier molecular flexibility index (Phi) is 12.2. The third kappa shape index (κ3) is 9.03. The van der Waals surface area contributed by atoms with E-state index in [1.165, 1.54) is 5.56 Å². The summed E-state index contributed by atoms with van der Waals surface area (Å²) in [5.41, 5.74) is 19.3. The van der Waals surface area contributed by atoms with Crippen molar-refractivity contribution in [1.29, 1.82) is 0 Å². The zero-order valence-electron chi connectivity index (χ0n) is 38.4. The molecular formula is C51H63N11O4. The monoisotopic (exact) mass is 894 g/mol. The van der Waals surface area contributed by atoms with Gasteiger partial charge in [-0.1, -0.05) is 51.0 Å². The normalized spacial score (nSPS) is 20.5. The Bertz CT molecular complexity index is 2520. The summed E-state index contributed by atoms with van der Waals surface area (Å²) < 4.78 is 0. The van der Waals surface area contributed by atoms with Crippen LogP contribution < -0.4 is 27.0 Å². The van der Waals surface area contributed by atoms with Gasteiger partial charge in [0.1, 0.15) is 23.7 Å². The largest absolute Gasteiger partial charge is 0.507 e. The lowest BCUT2D eigenvalue weighted by Gasteiger charge is -2.61. The number of phenolic OH excluding ortho intramolecular Hbond substituents is 1. The van der Waals surface area contributed by atoms with Gasteiger partial charge in [-0.2, -0.15) is 0 Å². The number of carbonyl (C=O) groups is 3. The second-order valence-corrected chi connectivity index (χ2v) is 20.2. The number of likely N-dealkylation sites (tertiary alicyclic amines) is 3. The highest BCUT2D eigenvalue weighted by Gasteiger charge is 2.56. The molecule has 1 spiro atoms. The fourth-order valence-corrected chi connectivity index (χ4v) is 10.9. The van der Waals surface area contributed by atoms with Crippen LogP contribution >= 0.6 is 0 Å². The maximum atomic E-state index is 14.1. The van der Waals surface area contributed by atoms with Crippen LogP contribution in [-0.4, -0.2) is 110 Å². The molecule has 4 fully saturated rings. The van der Waals surface area contributed by atoms with Gasteiger partial charge < -0.3 is 51.8 Å². The van der Waals surface area contributed by atoms with E-state index in [0.717, 1.165) is 86.1 Å². The fourth-order valence-electron chi connectivity index (χ4n) is 10.9. The molecule has 2 aromatic heterocycles. The van der Waals surface area contributed by atoms with Crippen molar-refractivity contribution in [2.24, 2.45) is 16.6 Å². The molecule has 2 aromatic carbocycles. The molecule has 1 saturated carbocycles.